The molecule has 116 valence electrons. The van der Waals surface area contributed by atoms with Gasteiger partial charge in [0.2, 0.25) is 0 Å². The van der Waals surface area contributed by atoms with Gasteiger partial charge >= 0.3 is 0 Å². The number of likely N-dealkylation sites (tertiary alicyclic amines) is 1. The summed E-state index contributed by atoms with van der Waals surface area (Å²) in [5.41, 5.74) is 1.89. The van der Waals surface area contributed by atoms with Crippen molar-refractivity contribution in [1.82, 2.24) is 15.1 Å². The Morgan fingerprint density at radius 1 is 1.23 bits per heavy atom. The Morgan fingerprint density at radius 3 is 2.73 bits per heavy atom. The molecule has 0 aliphatic carbocycles. The molecule has 2 aromatic rings. The van der Waals surface area contributed by atoms with Gasteiger partial charge in [0, 0.05) is 23.6 Å². The lowest BCUT2D eigenvalue weighted by molar-refractivity contribution is 0.212. The van der Waals surface area contributed by atoms with Crippen LogP contribution in [0.1, 0.15) is 30.0 Å². The summed E-state index contributed by atoms with van der Waals surface area (Å²) in [5, 5.41) is 8.02. The Bertz CT molecular complexity index is 613. The second kappa shape index (κ2) is 7.29. The first-order chi connectivity index (χ1) is 10.7. The summed E-state index contributed by atoms with van der Waals surface area (Å²) < 4.78 is 14.8. The summed E-state index contributed by atoms with van der Waals surface area (Å²) in [6.07, 6.45) is 4.64. The van der Waals surface area contributed by atoms with Crippen molar-refractivity contribution in [1.29, 1.82) is 0 Å². The number of piperidine rings is 1. The molecular weight excluding hydrogens is 345 g/mol. The highest BCUT2D eigenvalue weighted by molar-refractivity contribution is 9.10. The number of hydrogen-bond donors (Lipinski definition) is 0. The van der Waals surface area contributed by atoms with Crippen molar-refractivity contribution in [2.24, 2.45) is 0 Å². The summed E-state index contributed by atoms with van der Waals surface area (Å²) in [6, 6.07) is 9.34. The van der Waals surface area contributed by atoms with Gasteiger partial charge in [0.1, 0.15) is 5.82 Å². The average molecular weight is 364 g/mol. The number of hydrogen-bond acceptors (Lipinski definition) is 3. The third-order valence-electron chi connectivity index (χ3n) is 4.30. The van der Waals surface area contributed by atoms with Crippen LogP contribution in [0.3, 0.4) is 0 Å². The molecule has 3 nitrogen and oxygen atoms in total. The quantitative estimate of drug-likeness (QED) is 0.827. The Labute approximate surface area is 138 Å². The molecule has 5 heteroatoms. The van der Waals surface area contributed by atoms with E-state index in [1.54, 1.807) is 12.3 Å². The first kappa shape index (κ1) is 15.6. The van der Waals surface area contributed by atoms with Crippen molar-refractivity contribution < 1.29 is 4.39 Å². The predicted molar refractivity (Wildman–Crippen MR) is 88.3 cm³/mol. The predicted octanol–water partition coefficient (Wildman–Crippen LogP) is 3.80. The Hall–Kier alpha value is -1.33. The molecule has 22 heavy (non-hydrogen) atoms. The zero-order valence-corrected chi connectivity index (χ0v) is 14.0. The molecule has 0 spiro atoms. The first-order valence-corrected chi connectivity index (χ1v) is 8.45. The molecule has 0 N–H and O–H groups in total. The summed E-state index contributed by atoms with van der Waals surface area (Å²) in [7, 11) is 0. The van der Waals surface area contributed by atoms with Crippen molar-refractivity contribution in [2.75, 3.05) is 19.6 Å². The van der Waals surface area contributed by atoms with E-state index in [2.05, 4.69) is 31.0 Å². The zero-order chi connectivity index (χ0) is 15.4. The number of rotatable bonds is 4. The molecule has 0 atom stereocenters. The van der Waals surface area contributed by atoms with E-state index in [1.165, 1.54) is 0 Å². The van der Waals surface area contributed by atoms with Crippen molar-refractivity contribution in [3.05, 3.63) is 58.1 Å². The first-order valence-electron chi connectivity index (χ1n) is 7.66. The van der Waals surface area contributed by atoms with Gasteiger partial charge in [0.05, 0.1) is 5.69 Å². The van der Waals surface area contributed by atoms with Crippen LogP contribution in [0.15, 0.2) is 41.0 Å². The maximum Gasteiger partial charge on any atom is 0.127 e. The van der Waals surface area contributed by atoms with E-state index in [4.69, 9.17) is 0 Å². The molecule has 1 saturated heterocycles. The second-order valence-electron chi connectivity index (χ2n) is 5.75. The van der Waals surface area contributed by atoms with Crippen LogP contribution in [0.5, 0.6) is 0 Å². The average Bonchev–Trinajstić information content (AvgIpc) is 2.55. The van der Waals surface area contributed by atoms with Crippen LogP contribution in [-0.4, -0.2) is 34.7 Å². The van der Waals surface area contributed by atoms with E-state index >= 15 is 0 Å². The minimum absolute atomic E-state index is 0.0904. The number of halogens is 2. The van der Waals surface area contributed by atoms with E-state index in [1.807, 2.05) is 24.3 Å². The molecule has 1 aliphatic heterocycles. The van der Waals surface area contributed by atoms with Crippen molar-refractivity contribution in [3.63, 3.8) is 0 Å². The number of benzene rings is 1. The van der Waals surface area contributed by atoms with Gasteiger partial charge in [-0.15, -0.1) is 0 Å². The minimum atomic E-state index is -0.0904. The van der Waals surface area contributed by atoms with Gasteiger partial charge in [-0.05, 0) is 61.7 Å². The lowest BCUT2D eigenvalue weighted by Crippen LogP contribution is -2.34. The molecular formula is C17H19BrFN3. The van der Waals surface area contributed by atoms with E-state index in [-0.39, 0.29) is 5.82 Å². The second-order valence-corrected chi connectivity index (χ2v) is 6.66. The summed E-state index contributed by atoms with van der Waals surface area (Å²) in [5.74, 6) is 0.244. The highest BCUT2D eigenvalue weighted by Gasteiger charge is 2.22. The van der Waals surface area contributed by atoms with Gasteiger partial charge in [-0.25, -0.2) is 4.39 Å². The highest BCUT2D eigenvalue weighted by atomic mass is 79.9. The fraction of sp³-hybridized carbons (Fsp3) is 0.412. The molecule has 1 aliphatic rings. The van der Waals surface area contributed by atoms with E-state index in [9.17, 15) is 4.39 Å². The third-order valence-corrected chi connectivity index (χ3v) is 4.79. The van der Waals surface area contributed by atoms with Crippen LogP contribution in [-0.2, 0) is 6.42 Å². The topological polar surface area (TPSA) is 29.0 Å². The van der Waals surface area contributed by atoms with E-state index in [0.29, 0.717) is 5.92 Å². The lowest BCUT2D eigenvalue weighted by Gasteiger charge is -2.32. The van der Waals surface area contributed by atoms with Crippen LogP contribution in [0.2, 0.25) is 0 Å². The van der Waals surface area contributed by atoms with Crippen LogP contribution in [0.25, 0.3) is 0 Å². The normalized spacial score (nSPS) is 16.8. The van der Waals surface area contributed by atoms with Gasteiger partial charge in [-0.1, -0.05) is 22.0 Å². The smallest absolute Gasteiger partial charge is 0.127 e. The van der Waals surface area contributed by atoms with Crippen molar-refractivity contribution in [3.8, 4) is 0 Å². The van der Waals surface area contributed by atoms with Gasteiger partial charge in [-0.2, -0.15) is 10.2 Å². The van der Waals surface area contributed by atoms with Gasteiger partial charge in [-0.3, -0.25) is 0 Å². The zero-order valence-electron chi connectivity index (χ0n) is 12.4. The molecule has 1 aromatic heterocycles. The van der Waals surface area contributed by atoms with Crippen LogP contribution < -0.4 is 0 Å². The minimum Gasteiger partial charge on any atom is -0.303 e. The molecule has 0 bridgehead atoms. The van der Waals surface area contributed by atoms with Crippen LogP contribution in [0.4, 0.5) is 4.39 Å². The summed E-state index contributed by atoms with van der Waals surface area (Å²) in [4.78, 5) is 2.43. The lowest BCUT2D eigenvalue weighted by atomic mass is 9.89. The molecule has 3 rings (SSSR count). The van der Waals surface area contributed by atoms with Gasteiger partial charge in [0.25, 0.3) is 0 Å². The largest absolute Gasteiger partial charge is 0.303 e. The molecule has 1 aromatic carbocycles. The molecule has 0 amide bonds. The monoisotopic (exact) mass is 363 g/mol. The van der Waals surface area contributed by atoms with Crippen molar-refractivity contribution >= 4 is 15.9 Å². The van der Waals surface area contributed by atoms with E-state index < -0.39 is 0 Å². The molecule has 1 fully saturated rings. The van der Waals surface area contributed by atoms with Gasteiger partial charge in [0.15, 0.2) is 0 Å². The Morgan fingerprint density at radius 2 is 2.05 bits per heavy atom. The summed E-state index contributed by atoms with van der Waals surface area (Å²) in [6.45, 7) is 3.02. The number of nitrogens with zero attached hydrogens (tertiary/aromatic N) is 3. The standard InChI is InChI=1S/C17H19BrFN3/c18-14-3-4-16(17(19)12-14)13-5-9-22(10-6-13)11-7-15-2-1-8-20-21-15/h1-4,8,12-13H,5-7,9-11H2. The fourth-order valence-corrected chi connectivity index (χ4v) is 3.37. The Balaban J connectivity index is 1.52. The molecule has 0 radical (unpaired) electrons. The molecule has 2 heterocycles. The van der Waals surface area contributed by atoms with Crippen LogP contribution >= 0.6 is 15.9 Å². The molecule has 0 saturated carbocycles. The maximum absolute atomic E-state index is 14.0. The van der Waals surface area contributed by atoms with Gasteiger partial charge < -0.3 is 4.90 Å². The number of aromatic nitrogens is 2. The third kappa shape index (κ3) is 3.90. The van der Waals surface area contributed by atoms with Crippen molar-refractivity contribution in [2.45, 2.75) is 25.2 Å². The molecule has 0 unspecified atom stereocenters. The van der Waals surface area contributed by atoms with E-state index in [0.717, 1.165) is 54.6 Å². The maximum atomic E-state index is 14.0. The Kier molecular flexibility index (Phi) is 5.16. The fourth-order valence-electron chi connectivity index (χ4n) is 3.04. The van der Waals surface area contributed by atoms with Crippen LogP contribution in [0, 0.1) is 5.82 Å². The SMILES string of the molecule is Fc1cc(Br)ccc1C1CCN(CCc2cccnn2)CC1. The summed E-state index contributed by atoms with van der Waals surface area (Å²) >= 11 is 3.31. The highest BCUT2D eigenvalue weighted by Crippen LogP contribution is 2.31.